The summed E-state index contributed by atoms with van der Waals surface area (Å²) < 4.78 is 5.42. The largest absolute Gasteiger partial charge is 0.338 e. The van der Waals surface area contributed by atoms with Crippen molar-refractivity contribution in [2.75, 3.05) is 0 Å². The predicted molar refractivity (Wildman–Crippen MR) is 73.9 cm³/mol. The van der Waals surface area contributed by atoms with Gasteiger partial charge in [-0.1, -0.05) is 42.8 Å². The van der Waals surface area contributed by atoms with Crippen LogP contribution >= 0.6 is 11.6 Å². The zero-order valence-corrected chi connectivity index (χ0v) is 11.7. The van der Waals surface area contributed by atoms with Crippen molar-refractivity contribution in [2.45, 2.75) is 45.9 Å². The van der Waals surface area contributed by atoms with E-state index >= 15 is 0 Å². The van der Waals surface area contributed by atoms with Crippen molar-refractivity contribution >= 4 is 17.3 Å². The molecule has 0 spiro atoms. The molecule has 0 aliphatic rings. The fourth-order valence-electron chi connectivity index (χ4n) is 1.77. The number of rotatable bonds is 5. The van der Waals surface area contributed by atoms with E-state index in [0.717, 1.165) is 12.1 Å². The molecule has 0 saturated carbocycles. The third-order valence-electron chi connectivity index (χ3n) is 2.51. The van der Waals surface area contributed by atoms with E-state index in [2.05, 4.69) is 31.0 Å². The zero-order chi connectivity index (χ0) is 12.8. The quantitative estimate of drug-likeness (QED) is 0.571. The Kier molecular flexibility index (Phi) is 5.66. The second kappa shape index (κ2) is 6.77. The molecule has 2 atom stereocenters. The molecule has 0 amide bonds. The van der Waals surface area contributed by atoms with Crippen LogP contribution in [-0.2, 0) is 4.74 Å². The minimum absolute atomic E-state index is 0.211. The number of halogens is 1. The summed E-state index contributed by atoms with van der Waals surface area (Å²) in [5.41, 5.74) is 3.17. The summed E-state index contributed by atoms with van der Waals surface area (Å²) in [4.78, 5) is 4.58. The van der Waals surface area contributed by atoms with Crippen molar-refractivity contribution in [3.63, 3.8) is 0 Å². The number of nitrogens with zero attached hydrogens (tertiary/aromatic N) is 1. The Balaban J connectivity index is 2.91. The fourth-order valence-corrected chi connectivity index (χ4v) is 1.92. The minimum atomic E-state index is -0.316. The number of aryl methyl sites for hydroxylation is 1. The molecule has 0 aliphatic carbocycles. The van der Waals surface area contributed by atoms with Gasteiger partial charge in [-0.3, -0.25) is 4.99 Å². The van der Waals surface area contributed by atoms with Crippen molar-refractivity contribution < 1.29 is 4.74 Å². The summed E-state index contributed by atoms with van der Waals surface area (Å²) in [6.07, 6.45) is 0.673. The molecule has 94 valence electrons. The minimum Gasteiger partial charge on any atom is -0.338 e. The van der Waals surface area contributed by atoms with Crippen LogP contribution in [0.15, 0.2) is 29.3 Å². The second-order valence-electron chi connectivity index (χ2n) is 4.02. The van der Waals surface area contributed by atoms with E-state index in [1.54, 1.807) is 6.92 Å². The van der Waals surface area contributed by atoms with E-state index in [0.29, 0.717) is 0 Å². The van der Waals surface area contributed by atoms with Crippen LogP contribution in [0.25, 0.3) is 0 Å². The van der Waals surface area contributed by atoms with Gasteiger partial charge in [0.05, 0.1) is 0 Å². The van der Waals surface area contributed by atoms with E-state index in [-0.39, 0.29) is 11.8 Å². The molecule has 1 rings (SSSR count). The maximum absolute atomic E-state index is 5.79. The van der Waals surface area contributed by atoms with Gasteiger partial charge in [-0.15, -0.1) is 0 Å². The first kappa shape index (κ1) is 14.2. The summed E-state index contributed by atoms with van der Waals surface area (Å²) >= 11 is 5.79. The second-order valence-corrected chi connectivity index (χ2v) is 4.64. The highest BCUT2D eigenvalue weighted by Gasteiger charge is 2.08. The van der Waals surface area contributed by atoms with Gasteiger partial charge >= 0.3 is 0 Å². The number of ether oxygens (including phenoxy) is 1. The van der Waals surface area contributed by atoms with Gasteiger partial charge in [-0.05, 0) is 38.3 Å². The van der Waals surface area contributed by atoms with Crippen LogP contribution in [0.1, 0.15) is 38.3 Å². The molecule has 0 bridgehead atoms. The van der Waals surface area contributed by atoms with E-state index in [1.807, 2.05) is 19.1 Å². The summed E-state index contributed by atoms with van der Waals surface area (Å²) in [6.45, 7) is 7.90. The molecule has 0 saturated heterocycles. The standard InChI is InChI=1S/C14H20ClNO/c1-5-14(16-12(4)17-11(3)15)13-9-7-6-8-10(13)2/h6-9,11-12H,5H2,1-4H3/b16-14+. The number of benzene rings is 1. The highest BCUT2D eigenvalue weighted by atomic mass is 35.5. The van der Waals surface area contributed by atoms with Gasteiger partial charge in [0.1, 0.15) is 11.8 Å². The van der Waals surface area contributed by atoms with Crippen LogP contribution in [0, 0.1) is 6.92 Å². The molecule has 0 aliphatic heterocycles. The van der Waals surface area contributed by atoms with Gasteiger partial charge in [0.15, 0.2) is 0 Å². The first-order valence-corrected chi connectivity index (χ1v) is 6.40. The maximum atomic E-state index is 5.79. The SMILES string of the molecule is CC/C(=N\C(C)OC(C)Cl)c1ccccc1C. The molecule has 2 unspecified atom stereocenters. The summed E-state index contributed by atoms with van der Waals surface area (Å²) in [6, 6.07) is 8.25. The summed E-state index contributed by atoms with van der Waals surface area (Å²) in [7, 11) is 0. The number of alkyl halides is 1. The third-order valence-corrected chi connectivity index (χ3v) is 2.62. The molecule has 2 nitrogen and oxygen atoms in total. The molecule has 0 heterocycles. The number of aliphatic imine (C=N–C) groups is 1. The molecule has 1 aromatic carbocycles. The first-order valence-electron chi connectivity index (χ1n) is 5.96. The molecule has 17 heavy (non-hydrogen) atoms. The molecule has 0 fully saturated rings. The van der Waals surface area contributed by atoms with E-state index in [1.165, 1.54) is 11.1 Å². The lowest BCUT2D eigenvalue weighted by Crippen LogP contribution is -2.14. The molecular weight excluding hydrogens is 234 g/mol. The lowest BCUT2D eigenvalue weighted by atomic mass is 10.0. The zero-order valence-electron chi connectivity index (χ0n) is 10.9. The van der Waals surface area contributed by atoms with Gasteiger partial charge in [-0.2, -0.15) is 0 Å². The molecule has 1 aromatic rings. The van der Waals surface area contributed by atoms with E-state index in [4.69, 9.17) is 16.3 Å². The lowest BCUT2D eigenvalue weighted by molar-refractivity contribution is 0.0585. The van der Waals surface area contributed by atoms with Crippen molar-refractivity contribution in [1.82, 2.24) is 0 Å². The van der Waals surface area contributed by atoms with E-state index in [9.17, 15) is 0 Å². The molecule has 0 aromatic heterocycles. The van der Waals surface area contributed by atoms with Gasteiger partial charge in [-0.25, -0.2) is 0 Å². The third kappa shape index (κ3) is 4.49. The normalized spacial score (nSPS) is 15.7. The van der Waals surface area contributed by atoms with Gasteiger partial charge in [0, 0.05) is 5.71 Å². The maximum Gasteiger partial charge on any atom is 0.147 e. The van der Waals surface area contributed by atoms with E-state index < -0.39 is 0 Å². The molecule has 0 N–H and O–H groups in total. The Labute approximate surface area is 109 Å². The van der Waals surface area contributed by atoms with Crippen LogP contribution in [0.5, 0.6) is 0 Å². The van der Waals surface area contributed by atoms with Crippen LogP contribution in [-0.4, -0.2) is 17.5 Å². The number of hydrogen-bond donors (Lipinski definition) is 0. The van der Waals surface area contributed by atoms with Gasteiger partial charge in [0.25, 0.3) is 0 Å². The molecule has 0 radical (unpaired) electrons. The highest BCUT2D eigenvalue weighted by Crippen LogP contribution is 2.13. The average Bonchev–Trinajstić information content (AvgIpc) is 2.26. The predicted octanol–water partition coefficient (Wildman–Crippen LogP) is 4.14. The Hall–Kier alpha value is -0.860. The lowest BCUT2D eigenvalue weighted by Gasteiger charge is -2.14. The van der Waals surface area contributed by atoms with Gasteiger partial charge in [0.2, 0.25) is 0 Å². The van der Waals surface area contributed by atoms with Crippen molar-refractivity contribution in [3.05, 3.63) is 35.4 Å². The van der Waals surface area contributed by atoms with Crippen LogP contribution in [0.2, 0.25) is 0 Å². The topological polar surface area (TPSA) is 21.6 Å². The summed E-state index contributed by atoms with van der Waals surface area (Å²) in [5, 5.41) is 0. The Morgan fingerprint density at radius 3 is 2.53 bits per heavy atom. The van der Waals surface area contributed by atoms with Crippen molar-refractivity contribution in [3.8, 4) is 0 Å². The smallest absolute Gasteiger partial charge is 0.147 e. The van der Waals surface area contributed by atoms with Crippen molar-refractivity contribution in [1.29, 1.82) is 0 Å². The van der Waals surface area contributed by atoms with Gasteiger partial charge < -0.3 is 4.74 Å². The Morgan fingerprint density at radius 1 is 1.35 bits per heavy atom. The number of hydrogen-bond acceptors (Lipinski definition) is 2. The average molecular weight is 254 g/mol. The van der Waals surface area contributed by atoms with Crippen LogP contribution in [0.3, 0.4) is 0 Å². The van der Waals surface area contributed by atoms with Crippen LogP contribution in [0.4, 0.5) is 0 Å². The Bertz CT molecular complexity index is 388. The first-order chi connectivity index (χ1) is 8.04. The van der Waals surface area contributed by atoms with Crippen LogP contribution < -0.4 is 0 Å². The molecule has 3 heteroatoms. The Morgan fingerprint density at radius 2 is 2.00 bits per heavy atom. The molecular formula is C14H20ClNO. The monoisotopic (exact) mass is 253 g/mol. The highest BCUT2D eigenvalue weighted by molar-refractivity contribution is 6.19. The summed E-state index contributed by atoms with van der Waals surface area (Å²) in [5.74, 6) is 0. The van der Waals surface area contributed by atoms with Crippen molar-refractivity contribution in [2.24, 2.45) is 4.99 Å². The fraction of sp³-hybridized carbons (Fsp3) is 0.500.